The highest BCUT2D eigenvalue weighted by Crippen LogP contribution is 2.40. The highest BCUT2D eigenvalue weighted by molar-refractivity contribution is 5.77. The number of nitrogens with zero attached hydrogens (tertiary/aromatic N) is 2. The van der Waals surface area contributed by atoms with Crippen LogP contribution in [0.2, 0.25) is 0 Å². The molecule has 1 N–H and O–H groups in total. The van der Waals surface area contributed by atoms with Crippen molar-refractivity contribution in [3.8, 4) is 0 Å². The van der Waals surface area contributed by atoms with Gasteiger partial charge in [0.15, 0.2) is 0 Å². The number of imidazole rings is 1. The Morgan fingerprint density at radius 2 is 1.90 bits per heavy atom. The van der Waals surface area contributed by atoms with Gasteiger partial charge in [0.2, 0.25) is 0 Å². The maximum atomic E-state index is 11.9. The van der Waals surface area contributed by atoms with Gasteiger partial charge in [0.1, 0.15) is 0 Å². The molecule has 2 aromatic rings. The molecule has 1 aromatic carbocycles. The smallest absolute Gasteiger partial charge is 0.328 e. The summed E-state index contributed by atoms with van der Waals surface area (Å²) >= 11 is 0. The van der Waals surface area contributed by atoms with Crippen LogP contribution in [0.25, 0.3) is 11.0 Å². The quantitative estimate of drug-likeness (QED) is 0.913. The SMILES string of the molecule is CC1CCCC1C(O)c1ccc2c(c1)n(C)c(=O)n2C. The summed E-state index contributed by atoms with van der Waals surface area (Å²) in [6.45, 7) is 2.22. The van der Waals surface area contributed by atoms with Crippen molar-refractivity contribution in [3.05, 3.63) is 34.2 Å². The molecular weight excluding hydrogens is 252 g/mol. The third-order valence-electron chi connectivity index (χ3n) is 4.97. The minimum atomic E-state index is -0.424. The summed E-state index contributed by atoms with van der Waals surface area (Å²) in [6, 6.07) is 5.86. The van der Waals surface area contributed by atoms with Crippen molar-refractivity contribution in [3.63, 3.8) is 0 Å². The molecule has 3 rings (SSSR count). The van der Waals surface area contributed by atoms with Crippen LogP contribution in [-0.4, -0.2) is 14.2 Å². The molecule has 0 bridgehead atoms. The Kier molecular flexibility index (Phi) is 3.21. The van der Waals surface area contributed by atoms with Gasteiger partial charge in [-0.2, -0.15) is 0 Å². The van der Waals surface area contributed by atoms with Crippen molar-refractivity contribution >= 4 is 11.0 Å². The molecule has 4 nitrogen and oxygen atoms in total. The molecule has 3 unspecified atom stereocenters. The predicted octanol–water partition coefficient (Wildman–Crippen LogP) is 2.35. The maximum Gasteiger partial charge on any atom is 0.328 e. The lowest BCUT2D eigenvalue weighted by molar-refractivity contribution is 0.0901. The molecule has 0 saturated heterocycles. The molecule has 0 spiro atoms. The number of rotatable bonds is 2. The van der Waals surface area contributed by atoms with Crippen LogP contribution in [0, 0.1) is 11.8 Å². The second kappa shape index (κ2) is 4.77. The molecule has 0 radical (unpaired) electrons. The van der Waals surface area contributed by atoms with E-state index in [4.69, 9.17) is 0 Å². The van der Waals surface area contributed by atoms with Gasteiger partial charge < -0.3 is 5.11 Å². The lowest BCUT2D eigenvalue weighted by Gasteiger charge is -2.22. The van der Waals surface area contributed by atoms with E-state index in [9.17, 15) is 9.90 Å². The van der Waals surface area contributed by atoms with Crippen LogP contribution in [-0.2, 0) is 14.1 Å². The highest BCUT2D eigenvalue weighted by Gasteiger charge is 2.30. The summed E-state index contributed by atoms with van der Waals surface area (Å²) in [7, 11) is 3.55. The van der Waals surface area contributed by atoms with E-state index < -0.39 is 6.10 Å². The van der Waals surface area contributed by atoms with E-state index in [1.165, 1.54) is 12.8 Å². The molecule has 1 aliphatic rings. The van der Waals surface area contributed by atoms with Gasteiger partial charge in [-0.05, 0) is 36.0 Å². The summed E-state index contributed by atoms with van der Waals surface area (Å²) < 4.78 is 3.29. The monoisotopic (exact) mass is 274 g/mol. The van der Waals surface area contributed by atoms with Crippen molar-refractivity contribution < 1.29 is 5.11 Å². The highest BCUT2D eigenvalue weighted by atomic mass is 16.3. The van der Waals surface area contributed by atoms with Gasteiger partial charge >= 0.3 is 5.69 Å². The van der Waals surface area contributed by atoms with E-state index in [-0.39, 0.29) is 5.69 Å². The lowest BCUT2D eigenvalue weighted by Crippen LogP contribution is -2.19. The van der Waals surface area contributed by atoms with Gasteiger partial charge in [-0.25, -0.2) is 4.79 Å². The predicted molar refractivity (Wildman–Crippen MR) is 79.6 cm³/mol. The number of aliphatic hydroxyl groups is 1. The van der Waals surface area contributed by atoms with Crippen LogP contribution in [0.4, 0.5) is 0 Å². The van der Waals surface area contributed by atoms with Gasteiger partial charge in [0.25, 0.3) is 0 Å². The Morgan fingerprint density at radius 1 is 1.20 bits per heavy atom. The van der Waals surface area contributed by atoms with E-state index >= 15 is 0 Å². The normalized spacial score (nSPS) is 24.4. The Labute approximate surface area is 118 Å². The number of hydrogen-bond acceptors (Lipinski definition) is 2. The number of aromatic nitrogens is 2. The summed E-state index contributed by atoms with van der Waals surface area (Å²) in [5.74, 6) is 0.911. The van der Waals surface area contributed by atoms with E-state index in [1.807, 2.05) is 18.2 Å². The topological polar surface area (TPSA) is 47.2 Å². The zero-order valence-electron chi connectivity index (χ0n) is 12.3. The number of aliphatic hydroxyl groups excluding tert-OH is 1. The molecule has 3 atom stereocenters. The van der Waals surface area contributed by atoms with Gasteiger partial charge in [0.05, 0.1) is 17.1 Å². The van der Waals surface area contributed by atoms with Gasteiger partial charge in [-0.3, -0.25) is 9.13 Å². The summed E-state index contributed by atoms with van der Waals surface area (Å²) in [6.07, 6.45) is 3.07. The molecule has 1 heterocycles. The van der Waals surface area contributed by atoms with Crippen LogP contribution in [0.1, 0.15) is 37.9 Å². The lowest BCUT2D eigenvalue weighted by atomic mass is 9.88. The first kappa shape index (κ1) is 13.4. The first-order chi connectivity index (χ1) is 9.50. The molecule has 0 aliphatic heterocycles. The van der Waals surface area contributed by atoms with Crippen LogP contribution in [0.15, 0.2) is 23.0 Å². The average Bonchev–Trinajstić information content (AvgIpc) is 2.97. The standard InChI is InChI=1S/C16H22N2O2/c1-10-5-4-6-12(10)15(19)11-7-8-13-14(9-11)18(3)16(20)17(13)2/h7-10,12,15,19H,4-6H2,1-3H3. The van der Waals surface area contributed by atoms with Crippen molar-refractivity contribution in [2.75, 3.05) is 0 Å². The van der Waals surface area contributed by atoms with Gasteiger partial charge in [0, 0.05) is 14.1 Å². The van der Waals surface area contributed by atoms with E-state index in [2.05, 4.69) is 6.92 Å². The van der Waals surface area contributed by atoms with Gasteiger partial charge in [-0.1, -0.05) is 25.8 Å². The third-order valence-corrected chi connectivity index (χ3v) is 4.97. The molecule has 20 heavy (non-hydrogen) atoms. The van der Waals surface area contributed by atoms with Crippen molar-refractivity contribution in [2.24, 2.45) is 25.9 Å². The van der Waals surface area contributed by atoms with Crippen LogP contribution >= 0.6 is 0 Å². The van der Waals surface area contributed by atoms with E-state index in [0.29, 0.717) is 11.8 Å². The fourth-order valence-corrected chi connectivity index (χ4v) is 3.60. The first-order valence-electron chi connectivity index (χ1n) is 7.34. The van der Waals surface area contributed by atoms with Crippen LogP contribution in [0.3, 0.4) is 0 Å². The number of aryl methyl sites for hydroxylation is 2. The second-order valence-electron chi connectivity index (χ2n) is 6.17. The number of hydrogen-bond donors (Lipinski definition) is 1. The third kappa shape index (κ3) is 1.90. The molecular formula is C16H22N2O2. The molecule has 1 aromatic heterocycles. The molecule has 1 aliphatic carbocycles. The maximum absolute atomic E-state index is 11.9. The molecule has 1 fully saturated rings. The summed E-state index contributed by atoms with van der Waals surface area (Å²) in [5, 5.41) is 10.6. The number of fused-ring (bicyclic) bond motifs is 1. The van der Waals surface area contributed by atoms with Gasteiger partial charge in [-0.15, -0.1) is 0 Å². The van der Waals surface area contributed by atoms with Crippen molar-refractivity contribution in [1.29, 1.82) is 0 Å². The number of benzene rings is 1. The molecule has 0 amide bonds. The van der Waals surface area contributed by atoms with Crippen LogP contribution in [0.5, 0.6) is 0 Å². The molecule has 4 heteroatoms. The largest absolute Gasteiger partial charge is 0.388 e. The Hall–Kier alpha value is -1.55. The fourth-order valence-electron chi connectivity index (χ4n) is 3.60. The molecule has 1 saturated carbocycles. The van der Waals surface area contributed by atoms with E-state index in [1.54, 1.807) is 23.2 Å². The Bertz CT molecular complexity index is 698. The Morgan fingerprint density at radius 3 is 2.55 bits per heavy atom. The average molecular weight is 274 g/mol. The second-order valence-corrected chi connectivity index (χ2v) is 6.17. The zero-order chi connectivity index (χ0) is 14.4. The zero-order valence-corrected chi connectivity index (χ0v) is 12.3. The fraction of sp³-hybridized carbons (Fsp3) is 0.562. The molecule has 108 valence electrons. The summed E-state index contributed by atoms with van der Waals surface area (Å²) in [5.41, 5.74) is 2.70. The van der Waals surface area contributed by atoms with E-state index in [0.717, 1.165) is 23.0 Å². The van der Waals surface area contributed by atoms with Crippen LogP contribution < -0.4 is 5.69 Å². The minimum absolute atomic E-state index is 0.0270. The Balaban J connectivity index is 2.05. The van der Waals surface area contributed by atoms with Crippen molar-refractivity contribution in [1.82, 2.24) is 9.13 Å². The minimum Gasteiger partial charge on any atom is -0.388 e. The van der Waals surface area contributed by atoms with Crippen molar-refractivity contribution in [2.45, 2.75) is 32.3 Å². The first-order valence-corrected chi connectivity index (χ1v) is 7.34. The summed E-state index contributed by atoms with van der Waals surface area (Å²) in [4.78, 5) is 11.9.